The van der Waals surface area contributed by atoms with Crippen molar-refractivity contribution in [1.29, 1.82) is 0 Å². The highest BCUT2D eigenvalue weighted by Gasteiger charge is 2.66. The van der Waals surface area contributed by atoms with Crippen LogP contribution in [0.4, 0.5) is 0 Å². The maximum absolute atomic E-state index is 2.39. The normalized spacial score (nSPS) is 17.2. The van der Waals surface area contributed by atoms with Gasteiger partial charge >= 0.3 is 0 Å². The monoisotopic (exact) mass is 590 g/mol. The highest BCUT2D eigenvalue weighted by atomic mass is 31.1. The smallest absolute Gasteiger partial charge is 0.0272 e. The molecule has 0 bridgehead atoms. The molecule has 1 saturated carbocycles. The van der Waals surface area contributed by atoms with Gasteiger partial charge in [-0.25, -0.2) is 0 Å². The zero-order chi connectivity index (χ0) is 28.9. The lowest BCUT2D eigenvalue weighted by molar-refractivity contribution is 0.736. The van der Waals surface area contributed by atoms with Gasteiger partial charge in [0, 0.05) is 5.41 Å². The Morgan fingerprint density at radius 3 is 0.814 bits per heavy atom. The third kappa shape index (κ3) is 5.63. The van der Waals surface area contributed by atoms with Gasteiger partial charge in [-0.3, -0.25) is 0 Å². The lowest BCUT2D eigenvalue weighted by Crippen LogP contribution is -2.20. The van der Waals surface area contributed by atoms with Crippen molar-refractivity contribution in [3.63, 3.8) is 0 Å². The molecule has 0 heterocycles. The van der Waals surface area contributed by atoms with Crippen LogP contribution in [0.25, 0.3) is 0 Å². The summed E-state index contributed by atoms with van der Waals surface area (Å²) in [6.45, 7) is 0. The van der Waals surface area contributed by atoms with Crippen molar-refractivity contribution < 1.29 is 0 Å². The molecule has 0 N–H and O–H groups in total. The highest BCUT2D eigenvalue weighted by molar-refractivity contribution is 7.73. The zero-order valence-corrected chi connectivity index (χ0v) is 26.1. The molecule has 6 aromatic carbocycles. The first kappa shape index (κ1) is 28.0. The minimum Gasteiger partial charge on any atom is -0.0622 e. The van der Waals surface area contributed by atoms with Gasteiger partial charge in [-0.15, -0.1) is 0 Å². The second-order valence-electron chi connectivity index (χ2n) is 11.4. The molecule has 1 aliphatic carbocycles. The first-order valence-corrected chi connectivity index (χ1v) is 18.3. The summed E-state index contributed by atoms with van der Waals surface area (Å²) in [6, 6.07) is 67.9. The maximum atomic E-state index is 2.39. The van der Waals surface area contributed by atoms with E-state index in [9.17, 15) is 0 Å². The average Bonchev–Trinajstić information content (AvgIpc) is 3.75. The van der Waals surface area contributed by atoms with E-state index in [1.807, 2.05) is 0 Å². The van der Waals surface area contributed by atoms with Crippen LogP contribution in [0.15, 0.2) is 182 Å². The van der Waals surface area contributed by atoms with Crippen LogP contribution < -0.4 is 21.2 Å². The summed E-state index contributed by atoms with van der Waals surface area (Å²) in [7, 11) is -1.04. The Bertz CT molecular complexity index is 1490. The molecule has 1 fully saturated rings. The van der Waals surface area contributed by atoms with E-state index in [0.29, 0.717) is 11.8 Å². The van der Waals surface area contributed by atoms with E-state index in [0.717, 1.165) is 0 Å². The van der Waals surface area contributed by atoms with Gasteiger partial charge in [0.1, 0.15) is 0 Å². The van der Waals surface area contributed by atoms with E-state index in [4.69, 9.17) is 0 Å². The van der Waals surface area contributed by atoms with Crippen molar-refractivity contribution in [1.82, 2.24) is 0 Å². The molecule has 6 aromatic rings. The van der Waals surface area contributed by atoms with Crippen LogP contribution in [0.3, 0.4) is 0 Å². The van der Waals surface area contributed by atoms with Crippen molar-refractivity contribution in [2.45, 2.75) is 5.41 Å². The summed E-state index contributed by atoms with van der Waals surface area (Å²) in [4.78, 5) is 0. The molecule has 7 rings (SSSR count). The van der Waals surface area contributed by atoms with E-state index in [1.54, 1.807) is 0 Å². The van der Waals surface area contributed by atoms with Gasteiger partial charge in [0.15, 0.2) is 0 Å². The van der Waals surface area contributed by atoms with Crippen molar-refractivity contribution in [2.24, 2.45) is 11.8 Å². The average molecular weight is 591 g/mol. The molecule has 210 valence electrons. The Hall–Kier alpha value is -3.82. The molecule has 0 radical (unpaired) electrons. The highest BCUT2D eigenvalue weighted by Crippen LogP contribution is 2.69. The molecule has 2 unspecified atom stereocenters. The molecule has 2 atom stereocenters. The number of rotatable bonds is 10. The Labute approximate surface area is 259 Å². The second-order valence-corrected chi connectivity index (χ2v) is 15.9. The Balaban J connectivity index is 1.37. The lowest BCUT2D eigenvalue weighted by Gasteiger charge is -2.24. The molecular formula is C41H36P2. The predicted molar refractivity (Wildman–Crippen MR) is 189 cm³/mol. The Morgan fingerprint density at radius 1 is 0.326 bits per heavy atom. The third-order valence-corrected chi connectivity index (χ3v) is 14.3. The van der Waals surface area contributed by atoms with E-state index >= 15 is 0 Å². The predicted octanol–water partition coefficient (Wildman–Crippen LogP) is 8.48. The van der Waals surface area contributed by atoms with Crippen molar-refractivity contribution in [3.8, 4) is 0 Å². The van der Waals surface area contributed by atoms with Crippen LogP contribution in [0.5, 0.6) is 0 Å². The fourth-order valence-corrected chi connectivity index (χ4v) is 12.5. The van der Waals surface area contributed by atoms with Gasteiger partial charge in [0.05, 0.1) is 0 Å². The summed E-state index contributed by atoms with van der Waals surface area (Å²) in [6.07, 6.45) is 2.34. The SMILES string of the molecule is c1ccc(P(CC2C(CP(c3ccccc3)c3ccccc3)C2(c2ccccc2)c2ccccc2)c2ccccc2)cc1. The molecule has 2 heteroatoms. The second kappa shape index (κ2) is 12.8. The summed E-state index contributed by atoms with van der Waals surface area (Å²) >= 11 is 0. The van der Waals surface area contributed by atoms with E-state index in [-0.39, 0.29) is 5.41 Å². The van der Waals surface area contributed by atoms with Gasteiger partial charge in [-0.2, -0.15) is 0 Å². The van der Waals surface area contributed by atoms with Gasteiger partial charge in [0.2, 0.25) is 0 Å². The van der Waals surface area contributed by atoms with E-state index in [2.05, 4.69) is 182 Å². The first-order valence-electron chi connectivity index (χ1n) is 15.2. The Kier molecular flexibility index (Phi) is 8.34. The molecule has 0 amide bonds. The van der Waals surface area contributed by atoms with Crippen LogP contribution in [-0.4, -0.2) is 12.3 Å². The number of benzene rings is 6. The summed E-state index contributed by atoms with van der Waals surface area (Å²) in [5.74, 6) is 1.06. The van der Waals surface area contributed by atoms with Crippen LogP contribution in [0.1, 0.15) is 11.1 Å². The zero-order valence-electron chi connectivity index (χ0n) is 24.3. The van der Waals surface area contributed by atoms with Gasteiger partial charge in [0.25, 0.3) is 0 Å². The van der Waals surface area contributed by atoms with E-state index < -0.39 is 15.8 Å². The summed E-state index contributed by atoms with van der Waals surface area (Å²) < 4.78 is 0. The van der Waals surface area contributed by atoms with Gasteiger partial charge in [-0.05, 0) is 72.3 Å². The molecule has 43 heavy (non-hydrogen) atoms. The minimum atomic E-state index is -0.520. The largest absolute Gasteiger partial charge is 0.0622 e. The van der Waals surface area contributed by atoms with E-state index in [1.165, 1.54) is 44.7 Å². The molecular weight excluding hydrogens is 554 g/mol. The molecule has 0 spiro atoms. The van der Waals surface area contributed by atoms with Crippen LogP contribution >= 0.6 is 15.8 Å². The molecule has 0 aromatic heterocycles. The Morgan fingerprint density at radius 2 is 0.558 bits per heavy atom. The fraction of sp³-hybridized carbons (Fsp3) is 0.122. The number of hydrogen-bond donors (Lipinski definition) is 0. The van der Waals surface area contributed by atoms with Gasteiger partial charge < -0.3 is 0 Å². The fourth-order valence-electron chi connectivity index (χ4n) is 7.08. The topological polar surface area (TPSA) is 0 Å². The lowest BCUT2D eigenvalue weighted by atomic mass is 9.84. The van der Waals surface area contributed by atoms with Crippen molar-refractivity contribution in [3.05, 3.63) is 193 Å². The van der Waals surface area contributed by atoms with Crippen molar-refractivity contribution >= 4 is 37.1 Å². The summed E-state index contributed by atoms with van der Waals surface area (Å²) in [5, 5.41) is 5.88. The molecule has 1 aliphatic rings. The first-order chi connectivity index (χ1) is 21.4. The van der Waals surface area contributed by atoms with Crippen LogP contribution in [0, 0.1) is 11.8 Å². The maximum Gasteiger partial charge on any atom is 0.0272 e. The molecule has 0 saturated heterocycles. The molecule has 0 aliphatic heterocycles. The minimum absolute atomic E-state index is 0.0171. The summed E-state index contributed by atoms with van der Waals surface area (Å²) in [5.41, 5.74) is 2.91. The molecule has 0 nitrogen and oxygen atoms in total. The van der Waals surface area contributed by atoms with Crippen molar-refractivity contribution in [2.75, 3.05) is 12.3 Å². The van der Waals surface area contributed by atoms with Crippen LogP contribution in [0.2, 0.25) is 0 Å². The van der Waals surface area contributed by atoms with Gasteiger partial charge in [-0.1, -0.05) is 182 Å². The number of hydrogen-bond acceptors (Lipinski definition) is 0. The van der Waals surface area contributed by atoms with Crippen LogP contribution in [-0.2, 0) is 5.41 Å². The standard InChI is InChI=1S/C41H36P2/c1-7-19-33(20-8-1)41(34-21-9-2-10-22-34)39(31-42(35-23-11-3-12-24-35)36-25-13-4-14-26-36)40(41)32-43(37-27-15-5-16-28-37)38-29-17-6-18-30-38/h1-30,39-40H,31-32H2. The quantitative estimate of drug-likeness (QED) is 0.140. The third-order valence-electron chi connectivity index (χ3n) is 9.08.